The van der Waals surface area contributed by atoms with E-state index in [2.05, 4.69) is 5.32 Å². The van der Waals surface area contributed by atoms with E-state index in [1.165, 1.54) is 0 Å². The van der Waals surface area contributed by atoms with Crippen LogP contribution in [0.25, 0.3) is 0 Å². The van der Waals surface area contributed by atoms with Gasteiger partial charge in [0.05, 0.1) is 12.6 Å². The lowest BCUT2D eigenvalue weighted by Crippen LogP contribution is -2.32. The molecule has 0 fully saturated rings. The molecule has 0 aliphatic rings. The Morgan fingerprint density at radius 3 is 2.61 bits per heavy atom. The zero-order valence-corrected chi connectivity index (χ0v) is 10.9. The zero-order chi connectivity index (χ0) is 13.5. The number of anilines is 2. The molecular formula is C13H21N3O2. The maximum Gasteiger partial charge on any atom is 0.238 e. The van der Waals surface area contributed by atoms with Gasteiger partial charge in [0, 0.05) is 17.9 Å². The van der Waals surface area contributed by atoms with Crippen molar-refractivity contribution in [3.63, 3.8) is 0 Å². The Labute approximate surface area is 108 Å². The van der Waals surface area contributed by atoms with Crippen molar-refractivity contribution in [1.82, 2.24) is 4.90 Å². The van der Waals surface area contributed by atoms with Crippen LogP contribution in [0, 0.1) is 0 Å². The summed E-state index contributed by atoms with van der Waals surface area (Å²) in [4.78, 5) is 13.6. The number of carbonyl (C=O) groups is 1. The summed E-state index contributed by atoms with van der Waals surface area (Å²) in [5.74, 6) is -0.0761. The van der Waals surface area contributed by atoms with Gasteiger partial charge >= 0.3 is 0 Å². The van der Waals surface area contributed by atoms with Gasteiger partial charge in [-0.2, -0.15) is 0 Å². The third-order valence-electron chi connectivity index (χ3n) is 2.54. The number of aliphatic hydroxyl groups is 1. The Morgan fingerprint density at radius 1 is 1.44 bits per heavy atom. The minimum absolute atomic E-state index is 0.0761. The summed E-state index contributed by atoms with van der Waals surface area (Å²) in [5, 5.41) is 11.9. The highest BCUT2D eigenvalue weighted by Crippen LogP contribution is 2.10. The molecule has 4 N–H and O–H groups in total. The number of hydrogen-bond donors (Lipinski definition) is 3. The summed E-state index contributed by atoms with van der Waals surface area (Å²) in [6, 6.07) is 7.02. The summed E-state index contributed by atoms with van der Waals surface area (Å²) >= 11 is 0. The van der Waals surface area contributed by atoms with E-state index in [0.717, 1.165) is 5.69 Å². The van der Waals surface area contributed by atoms with Crippen LogP contribution in [0.15, 0.2) is 24.3 Å². The van der Waals surface area contributed by atoms with Crippen LogP contribution in [0.3, 0.4) is 0 Å². The lowest BCUT2D eigenvalue weighted by atomic mass is 10.2. The van der Waals surface area contributed by atoms with Gasteiger partial charge in [-0.25, -0.2) is 0 Å². The van der Waals surface area contributed by atoms with Crippen molar-refractivity contribution in [2.24, 2.45) is 0 Å². The van der Waals surface area contributed by atoms with Crippen LogP contribution in [0.2, 0.25) is 0 Å². The molecule has 18 heavy (non-hydrogen) atoms. The van der Waals surface area contributed by atoms with E-state index in [1.807, 2.05) is 11.9 Å². The molecule has 100 valence electrons. The molecule has 1 atom stereocenters. The number of amides is 1. The van der Waals surface area contributed by atoms with Gasteiger partial charge < -0.3 is 16.2 Å². The van der Waals surface area contributed by atoms with Crippen LogP contribution in [0.5, 0.6) is 0 Å². The van der Waals surface area contributed by atoms with Crippen LogP contribution in [0.4, 0.5) is 11.4 Å². The van der Waals surface area contributed by atoms with Gasteiger partial charge in [0.15, 0.2) is 0 Å². The highest BCUT2D eigenvalue weighted by molar-refractivity contribution is 5.92. The zero-order valence-electron chi connectivity index (χ0n) is 10.9. The van der Waals surface area contributed by atoms with Crippen molar-refractivity contribution < 1.29 is 9.90 Å². The molecule has 0 saturated heterocycles. The number of nitrogens with two attached hydrogens (primary N) is 1. The molecule has 0 aromatic heterocycles. The van der Waals surface area contributed by atoms with Crippen molar-refractivity contribution in [1.29, 1.82) is 0 Å². The highest BCUT2D eigenvalue weighted by atomic mass is 16.3. The van der Waals surface area contributed by atoms with Gasteiger partial charge in [0.1, 0.15) is 0 Å². The van der Waals surface area contributed by atoms with E-state index in [-0.39, 0.29) is 12.0 Å². The van der Waals surface area contributed by atoms with Crippen LogP contribution in [-0.4, -0.2) is 42.2 Å². The summed E-state index contributed by atoms with van der Waals surface area (Å²) in [5.41, 5.74) is 6.96. The minimum Gasteiger partial charge on any atom is -0.399 e. The second-order valence-corrected chi connectivity index (χ2v) is 4.55. The van der Waals surface area contributed by atoms with Crippen molar-refractivity contribution in [3.05, 3.63) is 24.3 Å². The Morgan fingerprint density at radius 2 is 2.06 bits per heavy atom. The standard InChI is InChI=1S/C13H21N3O2/c1-10(17)7-8-16(2)9-13(18)15-12-5-3-11(14)4-6-12/h3-6,10,17H,7-9,14H2,1-2H3,(H,15,18). The topological polar surface area (TPSA) is 78.6 Å². The number of nitrogen functional groups attached to an aromatic ring is 1. The van der Waals surface area contributed by atoms with E-state index in [4.69, 9.17) is 10.8 Å². The second-order valence-electron chi connectivity index (χ2n) is 4.55. The monoisotopic (exact) mass is 251 g/mol. The summed E-state index contributed by atoms with van der Waals surface area (Å²) < 4.78 is 0. The predicted octanol–water partition coefficient (Wildman–Crippen LogP) is 0.910. The molecule has 1 amide bonds. The molecule has 1 rings (SSSR count). The lowest BCUT2D eigenvalue weighted by Gasteiger charge is -2.17. The normalized spacial score (nSPS) is 12.4. The van der Waals surface area contributed by atoms with E-state index in [9.17, 15) is 4.79 Å². The molecule has 1 aromatic rings. The first-order valence-corrected chi connectivity index (χ1v) is 5.99. The SMILES string of the molecule is CC(O)CCN(C)CC(=O)Nc1ccc(N)cc1. The maximum atomic E-state index is 11.7. The van der Waals surface area contributed by atoms with Crippen molar-refractivity contribution in [2.75, 3.05) is 31.2 Å². The van der Waals surface area contributed by atoms with Crippen LogP contribution in [0.1, 0.15) is 13.3 Å². The molecule has 0 spiro atoms. The van der Waals surface area contributed by atoms with E-state index in [0.29, 0.717) is 25.2 Å². The van der Waals surface area contributed by atoms with Crippen LogP contribution < -0.4 is 11.1 Å². The van der Waals surface area contributed by atoms with E-state index < -0.39 is 0 Å². The number of likely N-dealkylation sites (N-methyl/N-ethyl adjacent to an activating group) is 1. The number of carbonyl (C=O) groups excluding carboxylic acids is 1. The summed E-state index contributed by atoms with van der Waals surface area (Å²) in [6.07, 6.45) is 0.318. The quantitative estimate of drug-likeness (QED) is 0.657. The van der Waals surface area contributed by atoms with Crippen molar-refractivity contribution in [3.8, 4) is 0 Å². The third kappa shape index (κ3) is 5.65. The number of hydrogen-bond acceptors (Lipinski definition) is 4. The first-order chi connectivity index (χ1) is 8.47. The molecule has 1 unspecified atom stereocenters. The van der Waals surface area contributed by atoms with Crippen LogP contribution in [-0.2, 0) is 4.79 Å². The Bertz CT molecular complexity index is 376. The summed E-state index contributed by atoms with van der Waals surface area (Å²) in [7, 11) is 1.85. The molecule has 5 nitrogen and oxygen atoms in total. The first kappa shape index (κ1) is 14.5. The Balaban J connectivity index is 2.34. The average Bonchev–Trinajstić information content (AvgIpc) is 2.29. The molecule has 0 heterocycles. The van der Waals surface area contributed by atoms with Gasteiger partial charge in [-0.15, -0.1) is 0 Å². The van der Waals surface area contributed by atoms with E-state index in [1.54, 1.807) is 31.2 Å². The number of nitrogens with one attached hydrogen (secondary N) is 1. The second kappa shape index (κ2) is 6.98. The van der Waals surface area contributed by atoms with E-state index >= 15 is 0 Å². The Kier molecular flexibility index (Phi) is 5.61. The Hall–Kier alpha value is -1.59. The van der Waals surface area contributed by atoms with Crippen molar-refractivity contribution >= 4 is 17.3 Å². The summed E-state index contributed by atoms with van der Waals surface area (Å²) in [6.45, 7) is 2.73. The number of nitrogens with zero attached hydrogens (tertiary/aromatic N) is 1. The fraction of sp³-hybridized carbons (Fsp3) is 0.462. The van der Waals surface area contributed by atoms with Crippen molar-refractivity contribution in [2.45, 2.75) is 19.4 Å². The predicted molar refractivity (Wildman–Crippen MR) is 73.3 cm³/mol. The van der Waals surface area contributed by atoms with Gasteiger partial charge in [0.25, 0.3) is 0 Å². The molecule has 0 bridgehead atoms. The number of rotatable bonds is 6. The minimum atomic E-state index is -0.340. The van der Waals surface area contributed by atoms with Gasteiger partial charge in [-0.05, 0) is 44.7 Å². The largest absolute Gasteiger partial charge is 0.399 e. The van der Waals surface area contributed by atoms with Gasteiger partial charge in [-0.3, -0.25) is 9.69 Å². The van der Waals surface area contributed by atoms with Gasteiger partial charge in [0.2, 0.25) is 5.91 Å². The van der Waals surface area contributed by atoms with Gasteiger partial charge in [-0.1, -0.05) is 0 Å². The molecular weight excluding hydrogens is 230 g/mol. The molecule has 0 saturated carbocycles. The fourth-order valence-corrected chi connectivity index (χ4v) is 1.50. The molecule has 0 aliphatic carbocycles. The average molecular weight is 251 g/mol. The fourth-order valence-electron chi connectivity index (χ4n) is 1.50. The number of benzene rings is 1. The maximum absolute atomic E-state index is 11.7. The highest BCUT2D eigenvalue weighted by Gasteiger charge is 2.07. The lowest BCUT2D eigenvalue weighted by molar-refractivity contribution is -0.117. The van der Waals surface area contributed by atoms with Crippen LogP contribution >= 0.6 is 0 Å². The smallest absolute Gasteiger partial charge is 0.238 e. The molecule has 0 aliphatic heterocycles. The molecule has 5 heteroatoms. The number of aliphatic hydroxyl groups excluding tert-OH is 1. The molecule has 0 radical (unpaired) electrons. The molecule has 1 aromatic carbocycles. The third-order valence-corrected chi connectivity index (χ3v) is 2.54. The first-order valence-electron chi connectivity index (χ1n) is 5.99.